The summed E-state index contributed by atoms with van der Waals surface area (Å²) in [5.41, 5.74) is 3.99. The van der Waals surface area contributed by atoms with E-state index in [-0.39, 0.29) is 10.7 Å². The van der Waals surface area contributed by atoms with Gasteiger partial charge in [-0.1, -0.05) is 17.7 Å². The number of aromatic nitrogens is 1. The summed E-state index contributed by atoms with van der Waals surface area (Å²) < 4.78 is 18.8. The van der Waals surface area contributed by atoms with Gasteiger partial charge in [-0.15, -0.1) is 0 Å². The zero-order chi connectivity index (χ0) is 21.3. The van der Waals surface area contributed by atoms with Crippen molar-refractivity contribution in [2.24, 2.45) is 0 Å². The SMILES string of the molecule is Cc1ccc2oc(-c3ccc(Cl)c(NC(=S)NC(=O)c4ccc(F)cc4)c3)nc2c1. The predicted octanol–water partition coefficient (Wildman–Crippen LogP) is 5.72. The van der Waals surface area contributed by atoms with E-state index in [1.54, 1.807) is 18.2 Å². The van der Waals surface area contributed by atoms with Crippen LogP contribution in [0.2, 0.25) is 5.02 Å². The molecule has 5 nitrogen and oxygen atoms in total. The summed E-state index contributed by atoms with van der Waals surface area (Å²) >= 11 is 11.5. The number of aryl methyl sites for hydroxylation is 1. The number of carbonyl (C=O) groups is 1. The van der Waals surface area contributed by atoms with Gasteiger partial charge in [0.2, 0.25) is 5.89 Å². The number of hydrogen-bond donors (Lipinski definition) is 2. The molecule has 30 heavy (non-hydrogen) atoms. The molecule has 1 aromatic heterocycles. The van der Waals surface area contributed by atoms with Crippen LogP contribution in [-0.4, -0.2) is 16.0 Å². The number of amides is 1. The number of nitrogens with zero attached hydrogens (tertiary/aromatic N) is 1. The summed E-state index contributed by atoms with van der Waals surface area (Å²) in [4.78, 5) is 16.8. The van der Waals surface area contributed by atoms with Crippen LogP contribution in [0.1, 0.15) is 15.9 Å². The number of carbonyl (C=O) groups excluding carboxylic acids is 1. The number of thiocarbonyl (C=S) groups is 1. The number of oxazole rings is 1. The first kappa shape index (κ1) is 20.0. The van der Waals surface area contributed by atoms with Gasteiger partial charge >= 0.3 is 0 Å². The molecule has 3 aromatic carbocycles. The Morgan fingerprint density at radius 3 is 2.63 bits per heavy atom. The molecule has 1 amide bonds. The molecule has 4 rings (SSSR count). The molecule has 0 bridgehead atoms. The van der Waals surface area contributed by atoms with Crippen LogP contribution in [0.5, 0.6) is 0 Å². The van der Waals surface area contributed by atoms with Crippen molar-refractivity contribution >= 4 is 51.6 Å². The molecule has 150 valence electrons. The predicted molar refractivity (Wildman–Crippen MR) is 119 cm³/mol. The normalized spacial score (nSPS) is 10.8. The second-order valence-electron chi connectivity index (χ2n) is 6.60. The van der Waals surface area contributed by atoms with Gasteiger partial charge in [-0.05, 0) is 79.3 Å². The van der Waals surface area contributed by atoms with E-state index in [4.69, 9.17) is 28.2 Å². The van der Waals surface area contributed by atoms with E-state index in [0.29, 0.717) is 27.7 Å². The Morgan fingerprint density at radius 1 is 1.10 bits per heavy atom. The molecular weight excluding hydrogens is 425 g/mol. The van der Waals surface area contributed by atoms with E-state index in [9.17, 15) is 9.18 Å². The molecule has 0 aliphatic carbocycles. The van der Waals surface area contributed by atoms with Gasteiger partial charge in [-0.25, -0.2) is 9.37 Å². The summed E-state index contributed by atoms with van der Waals surface area (Å²) in [6.45, 7) is 1.99. The maximum absolute atomic E-state index is 13.0. The molecule has 0 aliphatic rings. The molecule has 0 spiro atoms. The van der Waals surface area contributed by atoms with Gasteiger partial charge in [0.15, 0.2) is 10.7 Å². The Morgan fingerprint density at radius 2 is 1.87 bits per heavy atom. The van der Waals surface area contributed by atoms with Crippen molar-refractivity contribution in [3.8, 4) is 11.5 Å². The van der Waals surface area contributed by atoms with E-state index >= 15 is 0 Å². The fourth-order valence-electron chi connectivity index (χ4n) is 2.85. The summed E-state index contributed by atoms with van der Waals surface area (Å²) in [6.07, 6.45) is 0. The number of halogens is 2. The Labute approximate surface area is 181 Å². The third kappa shape index (κ3) is 4.32. The van der Waals surface area contributed by atoms with Gasteiger partial charge in [-0.3, -0.25) is 10.1 Å². The zero-order valence-corrected chi connectivity index (χ0v) is 17.3. The van der Waals surface area contributed by atoms with E-state index in [2.05, 4.69) is 15.6 Å². The molecule has 0 radical (unpaired) electrons. The largest absolute Gasteiger partial charge is 0.436 e. The fourth-order valence-corrected chi connectivity index (χ4v) is 3.21. The highest BCUT2D eigenvalue weighted by atomic mass is 35.5. The number of fused-ring (bicyclic) bond motifs is 1. The molecule has 0 atom stereocenters. The quantitative estimate of drug-likeness (QED) is 0.399. The van der Waals surface area contributed by atoms with Crippen LogP contribution in [0.25, 0.3) is 22.6 Å². The van der Waals surface area contributed by atoms with E-state index < -0.39 is 11.7 Å². The first-order valence-corrected chi connectivity index (χ1v) is 9.73. The van der Waals surface area contributed by atoms with Crippen molar-refractivity contribution in [2.75, 3.05) is 5.32 Å². The minimum absolute atomic E-state index is 0.0524. The maximum Gasteiger partial charge on any atom is 0.257 e. The third-order valence-corrected chi connectivity index (χ3v) is 4.87. The Kier molecular flexibility index (Phi) is 5.48. The lowest BCUT2D eigenvalue weighted by atomic mass is 10.2. The molecule has 0 unspecified atom stereocenters. The smallest absolute Gasteiger partial charge is 0.257 e. The summed E-state index contributed by atoms with van der Waals surface area (Å²) in [7, 11) is 0. The standard InChI is InChI=1S/C22H15ClFN3O2S/c1-12-2-9-19-18(10-12)25-21(29-19)14-5-8-16(23)17(11-14)26-22(30)27-20(28)13-3-6-15(24)7-4-13/h2-11H,1H3,(H2,26,27,28,30). The lowest BCUT2D eigenvalue weighted by molar-refractivity contribution is 0.0977. The Balaban J connectivity index is 1.53. The molecule has 4 aromatic rings. The van der Waals surface area contributed by atoms with Crippen LogP contribution in [0.3, 0.4) is 0 Å². The minimum atomic E-state index is -0.464. The summed E-state index contributed by atoms with van der Waals surface area (Å²) in [5.74, 6) is -0.448. The number of benzene rings is 3. The molecule has 8 heteroatoms. The maximum atomic E-state index is 13.0. The van der Waals surface area contributed by atoms with Crippen molar-refractivity contribution in [3.63, 3.8) is 0 Å². The number of anilines is 1. The van der Waals surface area contributed by atoms with Crippen LogP contribution in [-0.2, 0) is 0 Å². The van der Waals surface area contributed by atoms with Gasteiger partial charge in [0.25, 0.3) is 5.91 Å². The highest BCUT2D eigenvalue weighted by molar-refractivity contribution is 7.80. The van der Waals surface area contributed by atoms with Crippen LogP contribution in [0.15, 0.2) is 65.1 Å². The lowest BCUT2D eigenvalue weighted by Gasteiger charge is -2.11. The van der Waals surface area contributed by atoms with Gasteiger partial charge in [-0.2, -0.15) is 0 Å². The van der Waals surface area contributed by atoms with Crippen molar-refractivity contribution in [3.05, 3.63) is 82.6 Å². The van der Waals surface area contributed by atoms with Crippen LogP contribution < -0.4 is 10.6 Å². The van der Waals surface area contributed by atoms with Crippen molar-refractivity contribution in [1.82, 2.24) is 10.3 Å². The molecule has 2 N–H and O–H groups in total. The van der Waals surface area contributed by atoms with Crippen molar-refractivity contribution in [2.45, 2.75) is 6.92 Å². The number of nitrogens with one attached hydrogen (secondary N) is 2. The third-order valence-electron chi connectivity index (χ3n) is 4.34. The van der Waals surface area contributed by atoms with Gasteiger partial charge < -0.3 is 9.73 Å². The summed E-state index contributed by atoms with van der Waals surface area (Å²) in [5, 5.41) is 5.90. The average molecular weight is 440 g/mol. The number of rotatable bonds is 3. The highest BCUT2D eigenvalue weighted by Crippen LogP contribution is 2.30. The van der Waals surface area contributed by atoms with Gasteiger partial charge in [0, 0.05) is 11.1 Å². The topological polar surface area (TPSA) is 67.2 Å². The highest BCUT2D eigenvalue weighted by Gasteiger charge is 2.13. The first-order valence-electron chi connectivity index (χ1n) is 8.94. The van der Waals surface area contributed by atoms with Gasteiger partial charge in [0.1, 0.15) is 11.3 Å². The fraction of sp³-hybridized carbons (Fsp3) is 0.0455. The van der Waals surface area contributed by atoms with Gasteiger partial charge in [0.05, 0.1) is 10.7 Å². The van der Waals surface area contributed by atoms with E-state index in [0.717, 1.165) is 11.1 Å². The molecule has 0 fully saturated rings. The first-order chi connectivity index (χ1) is 14.4. The zero-order valence-electron chi connectivity index (χ0n) is 15.7. The van der Waals surface area contributed by atoms with Crippen LogP contribution >= 0.6 is 23.8 Å². The van der Waals surface area contributed by atoms with E-state index in [1.165, 1.54) is 24.3 Å². The second-order valence-corrected chi connectivity index (χ2v) is 7.42. The Bertz CT molecular complexity index is 1270. The van der Waals surface area contributed by atoms with Crippen LogP contribution in [0, 0.1) is 12.7 Å². The molecular formula is C22H15ClFN3O2S. The van der Waals surface area contributed by atoms with Crippen molar-refractivity contribution in [1.29, 1.82) is 0 Å². The van der Waals surface area contributed by atoms with Crippen LogP contribution in [0.4, 0.5) is 10.1 Å². The lowest BCUT2D eigenvalue weighted by Crippen LogP contribution is -2.34. The molecule has 0 saturated heterocycles. The Hall–Kier alpha value is -3.29. The van der Waals surface area contributed by atoms with E-state index in [1.807, 2.05) is 25.1 Å². The average Bonchev–Trinajstić information content (AvgIpc) is 3.13. The minimum Gasteiger partial charge on any atom is -0.436 e. The van der Waals surface area contributed by atoms with Crippen molar-refractivity contribution < 1.29 is 13.6 Å². The number of hydrogen-bond acceptors (Lipinski definition) is 4. The monoisotopic (exact) mass is 439 g/mol. The molecule has 0 aliphatic heterocycles. The summed E-state index contributed by atoms with van der Waals surface area (Å²) in [6, 6.07) is 16.1. The second kappa shape index (κ2) is 8.22. The molecule has 0 saturated carbocycles. The molecule has 1 heterocycles.